The van der Waals surface area contributed by atoms with Gasteiger partial charge in [0.1, 0.15) is 11.6 Å². The normalized spacial score (nSPS) is 12.2. The molecular formula is C14H16Cl2N4O. The van der Waals surface area contributed by atoms with Crippen LogP contribution in [0.25, 0.3) is 0 Å². The molecule has 1 unspecified atom stereocenters. The maximum Gasteiger partial charge on any atom is 0.226 e. The van der Waals surface area contributed by atoms with Gasteiger partial charge in [-0.15, -0.1) is 0 Å². The van der Waals surface area contributed by atoms with Crippen LogP contribution in [0.1, 0.15) is 31.0 Å². The summed E-state index contributed by atoms with van der Waals surface area (Å²) in [7, 11) is 0. The number of nitrogens with zero attached hydrogens (tertiary/aromatic N) is 3. The molecule has 0 radical (unpaired) electrons. The Morgan fingerprint density at radius 2 is 1.90 bits per heavy atom. The first-order valence-electron chi connectivity index (χ1n) is 6.51. The van der Waals surface area contributed by atoms with Crippen molar-refractivity contribution in [3.63, 3.8) is 0 Å². The molecule has 5 nitrogen and oxygen atoms in total. The first kappa shape index (κ1) is 15.8. The fourth-order valence-electron chi connectivity index (χ4n) is 2.15. The predicted octanol–water partition coefficient (Wildman–Crippen LogP) is 3.79. The minimum atomic E-state index is -0.131. The summed E-state index contributed by atoms with van der Waals surface area (Å²) in [5.41, 5.74) is 0.580. The second-order valence-corrected chi connectivity index (χ2v) is 5.78. The average Bonchev–Trinajstić information content (AvgIpc) is 2.66. The molecule has 1 heterocycles. The number of carbonyl (C=O) groups excluding carboxylic acids is 1. The van der Waals surface area contributed by atoms with Crippen LogP contribution in [-0.4, -0.2) is 20.7 Å². The van der Waals surface area contributed by atoms with Crippen molar-refractivity contribution in [3.05, 3.63) is 39.9 Å². The molecule has 0 saturated carbocycles. The van der Waals surface area contributed by atoms with Gasteiger partial charge in [0.2, 0.25) is 5.91 Å². The molecule has 0 fully saturated rings. The van der Waals surface area contributed by atoms with E-state index in [0.717, 1.165) is 5.82 Å². The molecule has 1 aromatic heterocycles. The Morgan fingerprint density at radius 1 is 1.29 bits per heavy atom. The molecule has 112 valence electrons. The Bertz CT molecular complexity index is 649. The van der Waals surface area contributed by atoms with E-state index in [1.165, 1.54) is 0 Å². The number of aryl methyl sites for hydroxylation is 2. The Morgan fingerprint density at radius 3 is 2.43 bits per heavy atom. The van der Waals surface area contributed by atoms with Crippen LogP contribution >= 0.6 is 23.2 Å². The SMILES string of the molecule is Cc1nc(C)n(C(C)CC(=O)Nc2cc(Cl)cc(Cl)c2)n1. The van der Waals surface area contributed by atoms with E-state index >= 15 is 0 Å². The Hall–Kier alpha value is -1.59. The van der Waals surface area contributed by atoms with Crippen LogP contribution < -0.4 is 5.32 Å². The van der Waals surface area contributed by atoms with E-state index in [0.29, 0.717) is 21.6 Å². The van der Waals surface area contributed by atoms with Gasteiger partial charge in [-0.2, -0.15) is 5.10 Å². The molecule has 1 amide bonds. The lowest BCUT2D eigenvalue weighted by atomic mass is 10.2. The van der Waals surface area contributed by atoms with Gasteiger partial charge in [-0.25, -0.2) is 9.67 Å². The second kappa shape index (κ2) is 6.45. The summed E-state index contributed by atoms with van der Waals surface area (Å²) < 4.78 is 1.75. The molecule has 1 aromatic carbocycles. The lowest BCUT2D eigenvalue weighted by Gasteiger charge is -2.13. The van der Waals surface area contributed by atoms with E-state index < -0.39 is 0 Å². The largest absolute Gasteiger partial charge is 0.326 e. The highest BCUT2D eigenvalue weighted by Crippen LogP contribution is 2.23. The monoisotopic (exact) mass is 326 g/mol. The summed E-state index contributed by atoms with van der Waals surface area (Å²) in [6.07, 6.45) is 0.285. The zero-order valence-corrected chi connectivity index (χ0v) is 13.5. The predicted molar refractivity (Wildman–Crippen MR) is 83.9 cm³/mol. The molecule has 7 heteroatoms. The Labute approximate surface area is 133 Å². The molecule has 2 aromatic rings. The third-order valence-electron chi connectivity index (χ3n) is 2.95. The number of anilines is 1. The Balaban J connectivity index is 2.03. The molecule has 0 aliphatic heterocycles. The summed E-state index contributed by atoms with van der Waals surface area (Å²) in [6.45, 7) is 5.61. The van der Waals surface area contributed by atoms with Crippen LogP contribution in [0.3, 0.4) is 0 Å². The highest BCUT2D eigenvalue weighted by atomic mass is 35.5. The van der Waals surface area contributed by atoms with Crippen molar-refractivity contribution in [1.82, 2.24) is 14.8 Å². The van der Waals surface area contributed by atoms with Crippen molar-refractivity contribution in [2.75, 3.05) is 5.32 Å². The number of carbonyl (C=O) groups is 1. The number of amides is 1. The zero-order chi connectivity index (χ0) is 15.6. The second-order valence-electron chi connectivity index (χ2n) is 4.91. The van der Waals surface area contributed by atoms with Gasteiger partial charge >= 0.3 is 0 Å². The average molecular weight is 327 g/mol. The van der Waals surface area contributed by atoms with E-state index in [1.807, 2.05) is 20.8 Å². The molecule has 0 saturated heterocycles. The third-order valence-corrected chi connectivity index (χ3v) is 3.39. The van der Waals surface area contributed by atoms with Crippen molar-refractivity contribution in [2.24, 2.45) is 0 Å². The fourth-order valence-corrected chi connectivity index (χ4v) is 2.67. The van der Waals surface area contributed by atoms with E-state index in [9.17, 15) is 4.79 Å². The number of aromatic nitrogens is 3. The minimum absolute atomic E-state index is 0.0825. The van der Waals surface area contributed by atoms with Gasteiger partial charge < -0.3 is 5.32 Å². The van der Waals surface area contributed by atoms with Crippen molar-refractivity contribution >= 4 is 34.8 Å². The minimum Gasteiger partial charge on any atom is -0.326 e. The highest BCUT2D eigenvalue weighted by molar-refractivity contribution is 6.35. The summed E-state index contributed by atoms with van der Waals surface area (Å²) in [4.78, 5) is 16.3. The molecule has 0 aliphatic rings. The number of hydrogen-bond acceptors (Lipinski definition) is 3. The quantitative estimate of drug-likeness (QED) is 0.929. The summed E-state index contributed by atoms with van der Waals surface area (Å²) in [5.74, 6) is 1.35. The van der Waals surface area contributed by atoms with Crippen LogP contribution in [0, 0.1) is 13.8 Å². The van der Waals surface area contributed by atoms with Gasteiger partial charge in [-0.05, 0) is 39.0 Å². The molecular weight excluding hydrogens is 311 g/mol. The smallest absolute Gasteiger partial charge is 0.226 e. The van der Waals surface area contributed by atoms with Gasteiger partial charge in [0.05, 0.1) is 6.04 Å². The maximum atomic E-state index is 12.1. The number of rotatable bonds is 4. The molecule has 0 spiro atoms. The van der Waals surface area contributed by atoms with E-state index in [4.69, 9.17) is 23.2 Å². The highest BCUT2D eigenvalue weighted by Gasteiger charge is 2.15. The number of benzene rings is 1. The zero-order valence-electron chi connectivity index (χ0n) is 12.0. The molecule has 2 rings (SSSR count). The number of nitrogens with one attached hydrogen (secondary N) is 1. The Kier molecular flexibility index (Phi) is 4.85. The molecule has 21 heavy (non-hydrogen) atoms. The summed E-state index contributed by atoms with van der Waals surface area (Å²) in [6, 6.07) is 4.84. The van der Waals surface area contributed by atoms with E-state index in [1.54, 1.807) is 22.9 Å². The van der Waals surface area contributed by atoms with E-state index in [-0.39, 0.29) is 18.4 Å². The number of hydrogen-bond donors (Lipinski definition) is 1. The van der Waals surface area contributed by atoms with Crippen molar-refractivity contribution in [1.29, 1.82) is 0 Å². The molecule has 1 atom stereocenters. The first-order chi connectivity index (χ1) is 9.85. The standard InChI is InChI=1S/C14H16Cl2N4O/c1-8(20-10(3)17-9(2)19-20)4-14(21)18-13-6-11(15)5-12(16)7-13/h5-8H,4H2,1-3H3,(H,18,21). The summed E-state index contributed by atoms with van der Waals surface area (Å²) >= 11 is 11.8. The molecule has 0 bridgehead atoms. The van der Waals surface area contributed by atoms with E-state index in [2.05, 4.69) is 15.4 Å². The van der Waals surface area contributed by atoms with Crippen LogP contribution in [-0.2, 0) is 4.79 Å². The van der Waals surface area contributed by atoms with Gasteiger partial charge in [0, 0.05) is 22.2 Å². The van der Waals surface area contributed by atoms with Crippen LogP contribution in [0.2, 0.25) is 10.0 Å². The van der Waals surface area contributed by atoms with Gasteiger partial charge in [0.25, 0.3) is 0 Å². The first-order valence-corrected chi connectivity index (χ1v) is 7.26. The summed E-state index contributed by atoms with van der Waals surface area (Å²) in [5, 5.41) is 8.02. The topological polar surface area (TPSA) is 59.8 Å². The third kappa shape index (κ3) is 4.19. The lowest BCUT2D eigenvalue weighted by Crippen LogP contribution is -2.19. The van der Waals surface area contributed by atoms with Gasteiger partial charge in [-0.3, -0.25) is 4.79 Å². The van der Waals surface area contributed by atoms with Crippen molar-refractivity contribution < 1.29 is 4.79 Å². The van der Waals surface area contributed by atoms with Gasteiger partial charge in [0.15, 0.2) is 0 Å². The van der Waals surface area contributed by atoms with Crippen molar-refractivity contribution in [2.45, 2.75) is 33.2 Å². The van der Waals surface area contributed by atoms with Crippen LogP contribution in [0.5, 0.6) is 0 Å². The van der Waals surface area contributed by atoms with Crippen LogP contribution in [0.15, 0.2) is 18.2 Å². The number of halogens is 2. The van der Waals surface area contributed by atoms with Crippen LogP contribution in [0.4, 0.5) is 5.69 Å². The lowest BCUT2D eigenvalue weighted by molar-refractivity contribution is -0.116. The maximum absolute atomic E-state index is 12.1. The van der Waals surface area contributed by atoms with Crippen molar-refractivity contribution in [3.8, 4) is 0 Å². The molecule has 1 N–H and O–H groups in total. The molecule has 0 aliphatic carbocycles. The van der Waals surface area contributed by atoms with Gasteiger partial charge in [-0.1, -0.05) is 23.2 Å². The fraction of sp³-hybridized carbons (Fsp3) is 0.357.